The Kier molecular flexibility index (Phi) is 7.82. The van der Waals surface area contributed by atoms with Crippen LogP contribution in [0.4, 0.5) is 0 Å². The molecule has 0 atom stereocenters. The number of aromatic nitrogens is 1. The molecule has 0 spiro atoms. The summed E-state index contributed by atoms with van der Waals surface area (Å²) in [6.45, 7) is 5.46. The fourth-order valence-electron chi connectivity index (χ4n) is 3.08. The normalized spacial score (nSPS) is 10.9. The molecular formula is C21H31NO4. The third-order valence-corrected chi connectivity index (χ3v) is 4.57. The van der Waals surface area contributed by atoms with Crippen LogP contribution in [0.25, 0.3) is 10.9 Å². The van der Waals surface area contributed by atoms with Crippen molar-refractivity contribution in [1.82, 2.24) is 4.57 Å². The molecule has 0 saturated heterocycles. The van der Waals surface area contributed by atoms with Crippen molar-refractivity contribution in [2.75, 3.05) is 20.8 Å². The van der Waals surface area contributed by atoms with E-state index in [1.807, 2.05) is 18.2 Å². The number of methoxy groups -OCH3 is 2. The molecule has 1 aromatic carbocycles. The second-order valence-corrected chi connectivity index (χ2v) is 6.46. The summed E-state index contributed by atoms with van der Waals surface area (Å²) in [5, 5.41) is 0.868. The number of fused-ring (bicyclic) bond motifs is 1. The topological polar surface area (TPSA) is 49.7 Å². The summed E-state index contributed by atoms with van der Waals surface area (Å²) in [5.74, 6) is 1.55. The van der Waals surface area contributed by atoms with Gasteiger partial charge in [0.2, 0.25) is 5.75 Å². The fraction of sp³-hybridized carbons (Fsp3) is 0.571. The van der Waals surface area contributed by atoms with E-state index in [0.717, 1.165) is 42.3 Å². The Morgan fingerprint density at radius 1 is 0.923 bits per heavy atom. The molecule has 0 aliphatic heterocycles. The van der Waals surface area contributed by atoms with Crippen molar-refractivity contribution in [3.63, 3.8) is 0 Å². The molecule has 0 fully saturated rings. The Labute approximate surface area is 155 Å². The highest BCUT2D eigenvalue weighted by Gasteiger charge is 2.19. The van der Waals surface area contributed by atoms with Crippen molar-refractivity contribution in [2.24, 2.45) is 0 Å². The van der Waals surface area contributed by atoms with Gasteiger partial charge in [-0.25, -0.2) is 0 Å². The lowest BCUT2D eigenvalue weighted by atomic mass is 10.1. The predicted octanol–water partition coefficient (Wildman–Crippen LogP) is 4.78. The van der Waals surface area contributed by atoms with Crippen molar-refractivity contribution in [1.29, 1.82) is 0 Å². The van der Waals surface area contributed by atoms with Crippen molar-refractivity contribution in [3.05, 3.63) is 28.6 Å². The average Bonchev–Trinajstić information content (AvgIpc) is 2.67. The Bertz CT molecular complexity index is 767. The van der Waals surface area contributed by atoms with Crippen LogP contribution in [0.5, 0.6) is 17.2 Å². The molecule has 2 aromatic rings. The van der Waals surface area contributed by atoms with E-state index in [-0.39, 0.29) is 5.56 Å². The van der Waals surface area contributed by atoms with E-state index in [1.54, 1.807) is 18.8 Å². The molecule has 2 rings (SSSR count). The van der Waals surface area contributed by atoms with Crippen LogP contribution in [0, 0.1) is 0 Å². The number of ether oxygens (including phenoxy) is 3. The Hall–Kier alpha value is -2.17. The number of aryl methyl sites for hydroxylation is 1. The predicted molar refractivity (Wildman–Crippen MR) is 106 cm³/mol. The van der Waals surface area contributed by atoms with Gasteiger partial charge in [0.15, 0.2) is 5.75 Å². The van der Waals surface area contributed by atoms with Gasteiger partial charge in [0, 0.05) is 18.0 Å². The third kappa shape index (κ3) is 4.51. The quantitative estimate of drug-likeness (QED) is 0.541. The number of benzene rings is 1. The zero-order valence-electron chi connectivity index (χ0n) is 16.5. The summed E-state index contributed by atoms with van der Waals surface area (Å²) in [7, 11) is 3.21. The number of pyridine rings is 1. The Morgan fingerprint density at radius 3 is 2.35 bits per heavy atom. The maximum absolute atomic E-state index is 13.1. The van der Waals surface area contributed by atoms with Gasteiger partial charge in [0.1, 0.15) is 5.75 Å². The van der Waals surface area contributed by atoms with E-state index in [2.05, 4.69) is 13.8 Å². The van der Waals surface area contributed by atoms with Crippen LogP contribution in [0.15, 0.2) is 23.0 Å². The van der Waals surface area contributed by atoms with Gasteiger partial charge in [-0.15, -0.1) is 0 Å². The van der Waals surface area contributed by atoms with Gasteiger partial charge in [-0.1, -0.05) is 39.5 Å². The van der Waals surface area contributed by atoms with Gasteiger partial charge in [-0.2, -0.15) is 0 Å². The van der Waals surface area contributed by atoms with Gasteiger partial charge in [0.05, 0.1) is 26.3 Å². The second-order valence-electron chi connectivity index (χ2n) is 6.46. The second kappa shape index (κ2) is 10.1. The standard InChI is InChI=1S/C21H31NO4/c1-5-7-9-10-14-26-20-19(25-4)17-12-11-16(24-3)15-18(17)22(21(20)23)13-8-6-2/h11-12,15H,5-10,13-14H2,1-4H3. The van der Waals surface area contributed by atoms with Crippen LogP contribution in [0.3, 0.4) is 0 Å². The SMILES string of the molecule is CCCCCCOc1c(OC)c2ccc(OC)cc2n(CCCC)c1=O. The van der Waals surface area contributed by atoms with Crippen LogP contribution in [-0.2, 0) is 6.54 Å². The molecule has 5 nitrogen and oxygen atoms in total. The molecule has 144 valence electrons. The molecule has 1 aromatic heterocycles. The van der Waals surface area contributed by atoms with E-state index < -0.39 is 0 Å². The van der Waals surface area contributed by atoms with Gasteiger partial charge >= 0.3 is 0 Å². The molecular weight excluding hydrogens is 330 g/mol. The smallest absolute Gasteiger partial charge is 0.297 e. The lowest BCUT2D eigenvalue weighted by molar-refractivity contribution is 0.280. The first-order valence-electron chi connectivity index (χ1n) is 9.59. The van der Waals surface area contributed by atoms with Crippen molar-refractivity contribution >= 4 is 10.9 Å². The molecule has 26 heavy (non-hydrogen) atoms. The molecule has 1 heterocycles. The first-order chi connectivity index (χ1) is 12.7. The van der Waals surface area contributed by atoms with Crippen LogP contribution in [0.2, 0.25) is 0 Å². The lowest BCUT2D eigenvalue weighted by Gasteiger charge is -2.18. The lowest BCUT2D eigenvalue weighted by Crippen LogP contribution is -2.24. The number of nitrogens with zero attached hydrogens (tertiary/aromatic N) is 1. The summed E-state index contributed by atoms with van der Waals surface area (Å²) in [5.41, 5.74) is 0.685. The fourth-order valence-corrected chi connectivity index (χ4v) is 3.08. The monoisotopic (exact) mass is 361 g/mol. The summed E-state index contributed by atoms with van der Waals surface area (Å²) in [4.78, 5) is 13.1. The number of hydrogen-bond acceptors (Lipinski definition) is 4. The molecule has 0 saturated carbocycles. The van der Waals surface area contributed by atoms with E-state index in [1.165, 1.54) is 12.8 Å². The molecule has 0 bridgehead atoms. The molecule has 5 heteroatoms. The minimum Gasteiger partial charge on any atom is -0.497 e. The first-order valence-corrected chi connectivity index (χ1v) is 9.59. The maximum atomic E-state index is 13.1. The van der Waals surface area contributed by atoms with Crippen LogP contribution >= 0.6 is 0 Å². The first kappa shape index (κ1) is 20.1. The van der Waals surface area contributed by atoms with Gasteiger partial charge in [0.25, 0.3) is 5.56 Å². The summed E-state index contributed by atoms with van der Waals surface area (Å²) in [6, 6.07) is 5.70. The minimum absolute atomic E-state index is 0.133. The number of unbranched alkanes of at least 4 members (excludes halogenated alkanes) is 4. The summed E-state index contributed by atoms with van der Waals surface area (Å²) in [6.07, 6.45) is 6.33. The third-order valence-electron chi connectivity index (χ3n) is 4.57. The van der Waals surface area contributed by atoms with Gasteiger partial charge < -0.3 is 18.8 Å². The molecule has 0 N–H and O–H groups in total. The summed E-state index contributed by atoms with van der Waals surface area (Å²) < 4.78 is 18.6. The highest BCUT2D eigenvalue weighted by Crippen LogP contribution is 2.34. The molecule has 0 unspecified atom stereocenters. The zero-order chi connectivity index (χ0) is 18.9. The van der Waals surface area contributed by atoms with E-state index in [0.29, 0.717) is 24.7 Å². The van der Waals surface area contributed by atoms with Crippen LogP contribution in [0.1, 0.15) is 52.4 Å². The summed E-state index contributed by atoms with van der Waals surface area (Å²) >= 11 is 0. The van der Waals surface area contributed by atoms with Crippen molar-refractivity contribution in [2.45, 2.75) is 58.9 Å². The maximum Gasteiger partial charge on any atom is 0.297 e. The largest absolute Gasteiger partial charge is 0.497 e. The Morgan fingerprint density at radius 2 is 1.69 bits per heavy atom. The van der Waals surface area contributed by atoms with Crippen molar-refractivity contribution in [3.8, 4) is 17.2 Å². The molecule has 0 aliphatic rings. The highest BCUT2D eigenvalue weighted by atomic mass is 16.5. The highest BCUT2D eigenvalue weighted by molar-refractivity contribution is 5.89. The van der Waals surface area contributed by atoms with Crippen LogP contribution < -0.4 is 19.8 Å². The molecule has 0 radical (unpaired) electrons. The van der Waals surface area contributed by atoms with E-state index >= 15 is 0 Å². The zero-order valence-corrected chi connectivity index (χ0v) is 16.5. The van der Waals surface area contributed by atoms with Crippen molar-refractivity contribution < 1.29 is 14.2 Å². The number of rotatable bonds is 11. The number of hydrogen-bond donors (Lipinski definition) is 0. The average molecular weight is 361 g/mol. The molecule has 0 amide bonds. The van der Waals surface area contributed by atoms with E-state index in [9.17, 15) is 4.79 Å². The van der Waals surface area contributed by atoms with Gasteiger partial charge in [-0.3, -0.25) is 4.79 Å². The Balaban J connectivity index is 2.49. The minimum atomic E-state index is -0.133. The molecule has 0 aliphatic carbocycles. The van der Waals surface area contributed by atoms with Crippen LogP contribution in [-0.4, -0.2) is 25.4 Å². The van der Waals surface area contributed by atoms with Gasteiger partial charge in [-0.05, 0) is 25.0 Å². The van der Waals surface area contributed by atoms with E-state index in [4.69, 9.17) is 14.2 Å².